The monoisotopic (exact) mass is 239 g/mol. The number of methoxy groups -OCH3 is 1. The molecule has 0 radical (unpaired) electrons. The Kier molecular flexibility index (Phi) is 3.04. The van der Waals surface area contributed by atoms with Crippen LogP contribution in [-0.4, -0.2) is 13.1 Å². The molecule has 0 aliphatic rings. The maximum atomic E-state index is 11.1. The topological polar surface area (TPSA) is 30.7 Å². The zero-order chi connectivity index (χ0) is 9.84. The van der Waals surface area contributed by atoms with Gasteiger partial charge in [-0.1, -0.05) is 22.0 Å². The minimum atomic E-state index is -0.433. The first-order valence-corrected chi connectivity index (χ1v) is 4.23. The number of hydrogen-bond donors (Lipinski definition) is 0. The van der Waals surface area contributed by atoms with E-state index in [0.717, 1.165) is 0 Å². The van der Waals surface area contributed by atoms with Gasteiger partial charge in [0.2, 0.25) is 5.69 Å². The van der Waals surface area contributed by atoms with Crippen molar-refractivity contribution in [2.45, 2.75) is 0 Å². The molecule has 1 rings (SSSR count). The molecular formula is C9H6BrNO2. The van der Waals surface area contributed by atoms with Gasteiger partial charge in [0.25, 0.3) is 0 Å². The zero-order valence-electron chi connectivity index (χ0n) is 6.87. The number of carbonyl (C=O) groups is 1. The van der Waals surface area contributed by atoms with Gasteiger partial charge in [-0.3, -0.25) is 0 Å². The smallest absolute Gasteiger partial charge is 0.336 e. The number of ether oxygens (including phenoxy) is 1. The Morgan fingerprint density at radius 3 is 2.85 bits per heavy atom. The summed E-state index contributed by atoms with van der Waals surface area (Å²) in [5.41, 5.74) is 0.791. The molecule has 0 aliphatic carbocycles. The van der Waals surface area contributed by atoms with Crippen molar-refractivity contribution < 1.29 is 9.53 Å². The second-order valence-corrected chi connectivity index (χ2v) is 3.12. The van der Waals surface area contributed by atoms with Crippen LogP contribution in [0, 0.1) is 6.57 Å². The molecule has 0 aromatic heterocycles. The third-order valence-corrected chi connectivity index (χ3v) is 2.16. The first kappa shape index (κ1) is 9.75. The predicted molar refractivity (Wildman–Crippen MR) is 51.7 cm³/mol. The minimum Gasteiger partial charge on any atom is -0.465 e. The van der Waals surface area contributed by atoms with Crippen molar-refractivity contribution in [3.8, 4) is 0 Å². The van der Waals surface area contributed by atoms with Crippen LogP contribution in [-0.2, 0) is 4.74 Å². The Balaban J connectivity index is 3.15. The van der Waals surface area contributed by atoms with Crippen LogP contribution in [0.1, 0.15) is 10.4 Å². The lowest BCUT2D eigenvalue weighted by Crippen LogP contribution is -2.00. The van der Waals surface area contributed by atoms with Crippen LogP contribution in [0.4, 0.5) is 5.69 Å². The van der Waals surface area contributed by atoms with E-state index in [-0.39, 0.29) is 0 Å². The SMILES string of the molecule is [C-]#[N+]c1cc(C(=O)OC)ccc1Br. The van der Waals surface area contributed by atoms with Crippen LogP contribution in [0.3, 0.4) is 0 Å². The van der Waals surface area contributed by atoms with Gasteiger partial charge in [-0.2, -0.15) is 0 Å². The molecule has 1 aromatic carbocycles. The highest BCUT2D eigenvalue weighted by Crippen LogP contribution is 2.26. The molecule has 0 amide bonds. The number of nitrogens with zero attached hydrogens (tertiary/aromatic N) is 1. The van der Waals surface area contributed by atoms with Crippen molar-refractivity contribution in [1.29, 1.82) is 0 Å². The van der Waals surface area contributed by atoms with Crippen LogP contribution in [0.15, 0.2) is 22.7 Å². The molecule has 3 nitrogen and oxygen atoms in total. The van der Waals surface area contributed by atoms with Gasteiger partial charge in [-0.05, 0) is 12.1 Å². The molecular weight excluding hydrogens is 234 g/mol. The second kappa shape index (κ2) is 4.06. The maximum absolute atomic E-state index is 11.1. The van der Waals surface area contributed by atoms with E-state index in [0.29, 0.717) is 15.7 Å². The Bertz CT molecular complexity index is 382. The van der Waals surface area contributed by atoms with E-state index in [1.165, 1.54) is 13.2 Å². The summed E-state index contributed by atoms with van der Waals surface area (Å²) in [6.07, 6.45) is 0. The molecule has 0 N–H and O–H groups in total. The second-order valence-electron chi connectivity index (χ2n) is 2.27. The highest BCUT2D eigenvalue weighted by molar-refractivity contribution is 9.10. The van der Waals surface area contributed by atoms with Gasteiger partial charge in [0, 0.05) is 10.0 Å². The largest absolute Gasteiger partial charge is 0.465 e. The Hall–Kier alpha value is -1.34. The molecule has 0 atom stereocenters. The molecule has 1 aromatic rings. The van der Waals surface area contributed by atoms with Crippen LogP contribution >= 0.6 is 15.9 Å². The van der Waals surface area contributed by atoms with Crippen molar-refractivity contribution >= 4 is 27.6 Å². The van der Waals surface area contributed by atoms with E-state index in [2.05, 4.69) is 25.5 Å². The Labute approximate surface area is 84.3 Å². The van der Waals surface area contributed by atoms with Crippen LogP contribution in [0.5, 0.6) is 0 Å². The van der Waals surface area contributed by atoms with Crippen molar-refractivity contribution in [1.82, 2.24) is 0 Å². The molecule has 13 heavy (non-hydrogen) atoms. The van der Waals surface area contributed by atoms with E-state index in [1.54, 1.807) is 12.1 Å². The van der Waals surface area contributed by atoms with E-state index in [1.807, 2.05) is 0 Å². The third-order valence-electron chi connectivity index (χ3n) is 1.49. The normalized spacial score (nSPS) is 9.00. The van der Waals surface area contributed by atoms with Gasteiger partial charge in [0.05, 0.1) is 13.7 Å². The average molecular weight is 240 g/mol. The number of hydrogen-bond acceptors (Lipinski definition) is 2. The summed E-state index contributed by atoms with van der Waals surface area (Å²) >= 11 is 3.20. The molecule has 0 unspecified atom stereocenters. The minimum absolute atomic E-state index is 0.386. The molecule has 4 heteroatoms. The van der Waals surface area contributed by atoms with Crippen molar-refractivity contribution in [2.24, 2.45) is 0 Å². The molecule has 0 fully saturated rings. The van der Waals surface area contributed by atoms with Gasteiger partial charge >= 0.3 is 5.97 Å². The summed E-state index contributed by atoms with van der Waals surface area (Å²) in [6.45, 7) is 6.82. The van der Waals surface area contributed by atoms with Crippen molar-refractivity contribution in [3.63, 3.8) is 0 Å². The quantitative estimate of drug-likeness (QED) is 0.558. The molecule has 0 spiro atoms. The number of halogens is 1. The standard InChI is InChI=1S/C9H6BrNO2/c1-11-8-5-6(9(12)13-2)3-4-7(8)10/h3-5H,2H3. The molecule has 66 valence electrons. The van der Waals surface area contributed by atoms with Gasteiger partial charge in [0.15, 0.2) is 0 Å². The summed E-state index contributed by atoms with van der Waals surface area (Å²) < 4.78 is 5.19. The fourth-order valence-corrected chi connectivity index (χ4v) is 1.18. The number of esters is 1. The lowest BCUT2D eigenvalue weighted by atomic mass is 10.2. The Morgan fingerprint density at radius 2 is 2.31 bits per heavy atom. The third kappa shape index (κ3) is 2.07. The summed E-state index contributed by atoms with van der Waals surface area (Å²) in [7, 11) is 1.31. The molecule has 0 aliphatic heterocycles. The lowest BCUT2D eigenvalue weighted by molar-refractivity contribution is 0.0601. The predicted octanol–water partition coefficient (Wildman–Crippen LogP) is 2.79. The zero-order valence-corrected chi connectivity index (χ0v) is 8.46. The number of carbonyl (C=O) groups excluding carboxylic acids is 1. The van der Waals surface area contributed by atoms with E-state index < -0.39 is 5.97 Å². The van der Waals surface area contributed by atoms with Gasteiger partial charge < -0.3 is 4.74 Å². The molecule has 0 heterocycles. The highest BCUT2D eigenvalue weighted by Gasteiger charge is 2.07. The van der Waals surface area contributed by atoms with Crippen LogP contribution < -0.4 is 0 Å². The Morgan fingerprint density at radius 1 is 1.62 bits per heavy atom. The average Bonchev–Trinajstić information content (AvgIpc) is 2.17. The van der Waals surface area contributed by atoms with E-state index in [4.69, 9.17) is 6.57 Å². The maximum Gasteiger partial charge on any atom is 0.336 e. The van der Waals surface area contributed by atoms with E-state index in [9.17, 15) is 4.79 Å². The first-order valence-electron chi connectivity index (χ1n) is 3.44. The van der Waals surface area contributed by atoms with Crippen LogP contribution in [0.2, 0.25) is 0 Å². The van der Waals surface area contributed by atoms with Crippen LogP contribution in [0.25, 0.3) is 4.85 Å². The fraction of sp³-hybridized carbons (Fsp3) is 0.111. The first-order chi connectivity index (χ1) is 6.19. The lowest BCUT2D eigenvalue weighted by Gasteiger charge is -2.00. The van der Waals surface area contributed by atoms with Crippen molar-refractivity contribution in [2.75, 3.05) is 7.11 Å². The summed E-state index contributed by atoms with van der Waals surface area (Å²) in [5.74, 6) is -0.433. The highest BCUT2D eigenvalue weighted by atomic mass is 79.9. The fourth-order valence-electron chi connectivity index (χ4n) is 0.843. The van der Waals surface area contributed by atoms with E-state index >= 15 is 0 Å². The summed E-state index contributed by atoms with van der Waals surface area (Å²) in [4.78, 5) is 14.3. The molecule has 0 bridgehead atoms. The summed E-state index contributed by atoms with van der Waals surface area (Å²) in [5, 5.41) is 0. The summed E-state index contributed by atoms with van der Waals surface area (Å²) in [6, 6.07) is 4.74. The van der Waals surface area contributed by atoms with Crippen molar-refractivity contribution in [3.05, 3.63) is 39.7 Å². The van der Waals surface area contributed by atoms with Gasteiger partial charge in [-0.25, -0.2) is 9.64 Å². The molecule has 0 saturated carbocycles. The van der Waals surface area contributed by atoms with Gasteiger partial charge in [0.1, 0.15) is 0 Å². The number of benzene rings is 1. The van der Waals surface area contributed by atoms with Gasteiger partial charge in [-0.15, -0.1) is 0 Å². The number of rotatable bonds is 1. The molecule has 0 saturated heterocycles.